The van der Waals surface area contributed by atoms with Gasteiger partial charge in [-0.25, -0.2) is 0 Å². The van der Waals surface area contributed by atoms with Crippen molar-refractivity contribution in [2.75, 3.05) is 6.54 Å². The molecule has 0 aliphatic rings. The van der Waals surface area contributed by atoms with Gasteiger partial charge in [-0.3, -0.25) is 4.79 Å². The van der Waals surface area contributed by atoms with E-state index in [1.807, 2.05) is 0 Å². The van der Waals surface area contributed by atoms with Crippen molar-refractivity contribution in [2.24, 2.45) is 0 Å². The normalized spacial score (nSPS) is 8.50. The summed E-state index contributed by atoms with van der Waals surface area (Å²) in [6.07, 6.45) is 1.84. The summed E-state index contributed by atoms with van der Waals surface area (Å²) in [5.41, 5.74) is 0.505. The number of carbonyl (C=O) groups excluding carboxylic acids is 1. The Kier molecular flexibility index (Phi) is 4.20. The van der Waals surface area contributed by atoms with Crippen LogP contribution in [-0.2, 0) is 4.79 Å². The largest absolute Gasteiger partial charge is 0.352 e. The molecule has 1 amide bonds. The Bertz CT molecular complexity index is 152. The first-order valence-corrected chi connectivity index (χ1v) is 3.11. The summed E-state index contributed by atoms with van der Waals surface area (Å²) in [5.74, 6) is -0.137. The second kappa shape index (κ2) is 4.73. The molecule has 0 rings (SSSR count). The van der Waals surface area contributed by atoms with E-state index in [9.17, 15) is 4.79 Å². The third-order valence-electron chi connectivity index (χ3n) is 0.962. The number of hydrogen-bond donors (Lipinski definition) is 2. The number of hydrogen-bond acceptors (Lipinski definition) is 2. The monoisotopic (exact) mass is 140 g/mol. The smallest absolute Gasteiger partial charge is 0.246 e. The summed E-state index contributed by atoms with van der Waals surface area (Å²) < 4.78 is 0. The van der Waals surface area contributed by atoms with Gasteiger partial charge in [0.15, 0.2) is 0 Å². The Morgan fingerprint density at radius 3 is 2.80 bits per heavy atom. The first-order valence-electron chi connectivity index (χ1n) is 3.11. The average Bonchev–Trinajstić information content (AvgIpc) is 1.88. The minimum atomic E-state index is -0.137. The summed E-state index contributed by atoms with van der Waals surface area (Å²) in [5, 5.41) is 9.25. The highest BCUT2D eigenvalue weighted by Gasteiger charge is 1.97. The Morgan fingerprint density at radius 1 is 1.80 bits per heavy atom. The molecule has 0 spiro atoms. The van der Waals surface area contributed by atoms with Crippen LogP contribution in [0, 0.1) is 5.41 Å². The summed E-state index contributed by atoms with van der Waals surface area (Å²) in [6.45, 7) is 5.64. The fourth-order valence-electron chi connectivity index (χ4n) is 0.409. The molecule has 0 radical (unpaired) electrons. The number of amides is 1. The van der Waals surface area contributed by atoms with E-state index in [0.717, 1.165) is 0 Å². The van der Waals surface area contributed by atoms with Gasteiger partial charge in [0.1, 0.15) is 0 Å². The van der Waals surface area contributed by atoms with Crippen molar-refractivity contribution in [3.8, 4) is 0 Å². The van der Waals surface area contributed by atoms with Crippen molar-refractivity contribution in [1.29, 1.82) is 5.41 Å². The second-order valence-electron chi connectivity index (χ2n) is 2.03. The molecule has 0 unspecified atom stereocenters. The molecule has 0 bridgehead atoms. The maximum absolute atomic E-state index is 10.7. The molecule has 0 atom stereocenters. The van der Waals surface area contributed by atoms with Crippen LogP contribution in [0.3, 0.4) is 0 Å². The van der Waals surface area contributed by atoms with Gasteiger partial charge in [0, 0.05) is 12.1 Å². The van der Waals surface area contributed by atoms with E-state index in [0.29, 0.717) is 18.5 Å². The van der Waals surface area contributed by atoms with Gasteiger partial charge in [0.05, 0.1) is 0 Å². The third-order valence-corrected chi connectivity index (χ3v) is 0.962. The lowest BCUT2D eigenvalue weighted by Gasteiger charge is -1.99. The van der Waals surface area contributed by atoms with Crippen LogP contribution in [0.25, 0.3) is 0 Å². The molecule has 0 fully saturated rings. The maximum Gasteiger partial charge on any atom is 0.246 e. The molecule has 0 aliphatic heterocycles. The Hall–Kier alpha value is -1.12. The lowest BCUT2D eigenvalue weighted by molar-refractivity contribution is -0.117. The minimum Gasteiger partial charge on any atom is -0.352 e. The Labute approximate surface area is 60.6 Å². The van der Waals surface area contributed by atoms with Crippen LogP contribution < -0.4 is 5.32 Å². The van der Waals surface area contributed by atoms with Crippen LogP contribution in [0.4, 0.5) is 0 Å². The van der Waals surface area contributed by atoms with Crippen LogP contribution in [-0.4, -0.2) is 18.7 Å². The number of rotatable bonds is 4. The lowest BCUT2D eigenvalue weighted by atomic mass is 10.3. The van der Waals surface area contributed by atoms with Gasteiger partial charge < -0.3 is 10.7 Å². The van der Waals surface area contributed by atoms with E-state index in [2.05, 4.69) is 11.9 Å². The first-order chi connectivity index (χ1) is 4.68. The van der Waals surface area contributed by atoms with Crippen LogP contribution in [0.5, 0.6) is 0 Å². The lowest BCUT2D eigenvalue weighted by Crippen LogP contribution is -2.24. The van der Waals surface area contributed by atoms with Gasteiger partial charge in [-0.05, 0) is 19.6 Å². The first kappa shape index (κ1) is 8.88. The summed E-state index contributed by atoms with van der Waals surface area (Å²) in [7, 11) is 0. The molecule has 3 heteroatoms. The van der Waals surface area contributed by atoms with E-state index in [-0.39, 0.29) is 5.91 Å². The van der Waals surface area contributed by atoms with Gasteiger partial charge in [0.2, 0.25) is 5.91 Å². The summed E-state index contributed by atoms with van der Waals surface area (Å²) in [6, 6.07) is 0. The zero-order valence-corrected chi connectivity index (χ0v) is 6.11. The highest BCUT2D eigenvalue weighted by atomic mass is 16.1. The fraction of sp³-hybridized carbons (Fsp3) is 0.429. The molecule has 10 heavy (non-hydrogen) atoms. The molecule has 0 saturated carbocycles. The Balaban J connectivity index is 3.40. The molecule has 0 aliphatic carbocycles. The number of carbonyl (C=O) groups is 1. The summed E-state index contributed by atoms with van der Waals surface area (Å²) >= 11 is 0. The molecular weight excluding hydrogens is 128 g/mol. The van der Waals surface area contributed by atoms with Crippen molar-refractivity contribution in [3.63, 3.8) is 0 Å². The zero-order valence-electron chi connectivity index (χ0n) is 6.11. The van der Waals surface area contributed by atoms with Crippen molar-refractivity contribution < 1.29 is 4.79 Å². The molecule has 0 aromatic rings. The van der Waals surface area contributed by atoms with Crippen molar-refractivity contribution in [1.82, 2.24) is 5.32 Å². The van der Waals surface area contributed by atoms with Crippen LogP contribution >= 0.6 is 0 Å². The van der Waals surface area contributed by atoms with E-state index in [1.54, 1.807) is 6.92 Å². The quantitative estimate of drug-likeness (QED) is 0.337. The topological polar surface area (TPSA) is 53.0 Å². The molecule has 56 valence electrons. The van der Waals surface area contributed by atoms with E-state index >= 15 is 0 Å². The van der Waals surface area contributed by atoms with Crippen LogP contribution in [0.1, 0.15) is 13.3 Å². The van der Waals surface area contributed by atoms with Crippen LogP contribution in [0.2, 0.25) is 0 Å². The van der Waals surface area contributed by atoms with E-state index in [1.165, 1.54) is 6.21 Å². The molecule has 0 heterocycles. The SMILES string of the molecule is C=C(C)C(=O)NCCC=N. The van der Waals surface area contributed by atoms with E-state index in [4.69, 9.17) is 5.41 Å². The molecule has 3 nitrogen and oxygen atoms in total. The minimum absolute atomic E-state index is 0.137. The molecule has 0 aromatic carbocycles. The van der Waals surface area contributed by atoms with Gasteiger partial charge >= 0.3 is 0 Å². The van der Waals surface area contributed by atoms with Crippen molar-refractivity contribution >= 4 is 12.1 Å². The predicted molar refractivity (Wildman–Crippen MR) is 41.2 cm³/mol. The fourth-order valence-corrected chi connectivity index (χ4v) is 0.409. The maximum atomic E-state index is 10.7. The second-order valence-corrected chi connectivity index (χ2v) is 2.03. The van der Waals surface area contributed by atoms with Crippen molar-refractivity contribution in [2.45, 2.75) is 13.3 Å². The highest BCUT2D eigenvalue weighted by molar-refractivity contribution is 5.92. The van der Waals surface area contributed by atoms with Crippen molar-refractivity contribution in [3.05, 3.63) is 12.2 Å². The Morgan fingerprint density at radius 2 is 2.40 bits per heavy atom. The summed E-state index contributed by atoms with van der Waals surface area (Å²) in [4.78, 5) is 10.7. The standard InChI is InChI=1S/C7H12N2O/c1-6(2)7(10)9-5-3-4-8/h4,8H,1,3,5H2,2H3,(H,9,10). The van der Waals surface area contributed by atoms with Gasteiger partial charge in [-0.1, -0.05) is 6.58 Å². The molecule has 0 aromatic heterocycles. The van der Waals surface area contributed by atoms with Gasteiger partial charge in [-0.2, -0.15) is 0 Å². The average molecular weight is 140 g/mol. The van der Waals surface area contributed by atoms with Gasteiger partial charge in [0.25, 0.3) is 0 Å². The predicted octanol–water partition coefficient (Wildman–Crippen LogP) is 0.718. The number of nitrogens with one attached hydrogen (secondary N) is 2. The molecule has 0 saturated heterocycles. The third kappa shape index (κ3) is 3.83. The highest BCUT2D eigenvalue weighted by Crippen LogP contribution is 1.84. The van der Waals surface area contributed by atoms with Gasteiger partial charge in [-0.15, -0.1) is 0 Å². The van der Waals surface area contributed by atoms with E-state index < -0.39 is 0 Å². The molecular formula is C7H12N2O. The zero-order chi connectivity index (χ0) is 7.98. The van der Waals surface area contributed by atoms with Crippen LogP contribution in [0.15, 0.2) is 12.2 Å². The molecule has 2 N–H and O–H groups in total.